The zero-order valence-corrected chi connectivity index (χ0v) is 9.46. The van der Waals surface area contributed by atoms with E-state index in [-0.39, 0.29) is 18.5 Å². The first-order valence-corrected chi connectivity index (χ1v) is 5.19. The Hall–Kier alpha value is -0.840. The van der Waals surface area contributed by atoms with E-state index in [0.717, 1.165) is 0 Å². The molecule has 88 valence electrons. The number of alkyl halides is 1. The van der Waals surface area contributed by atoms with E-state index in [2.05, 4.69) is 5.32 Å². The van der Waals surface area contributed by atoms with Crippen LogP contribution in [0.1, 0.15) is 27.2 Å². The monoisotopic (exact) mass is 218 g/mol. The number of halogens is 1. The topological polar surface area (TPSA) is 52.6 Å². The van der Waals surface area contributed by atoms with Crippen LogP contribution in [0, 0.1) is 0 Å². The van der Waals surface area contributed by atoms with Crippen molar-refractivity contribution in [3.8, 4) is 0 Å². The molecule has 0 bridgehead atoms. The minimum Gasteiger partial charge on any atom is -0.465 e. The highest BCUT2D eigenvalue weighted by Gasteiger charge is 2.33. The largest absolute Gasteiger partial charge is 0.465 e. The van der Waals surface area contributed by atoms with Gasteiger partial charge in [-0.25, -0.2) is 9.18 Å². The fraction of sp³-hybridized carbons (Fsp3) is 0.900. The van der Waals surface area contributed by atoms with Gasteiger partial charge in [-0.3, -0.25) is 0 Å². The van der Waals surface area contributed by atoms with Crippen LogP contribution in [0.5, 0.6) is 0 Å². The molecule has 0 radical (unpaired) electrons. The average molecular weight is 218 g/mol. The molecular weight excluding hydrogens is 199 g/mol. The number of hydrogen-bond donors (Lipinski definition) is 2. The normalized spacial score (nSPS) is 27.9. The third kappa shape index (κ3) is 3.66. The number of amides is 1. The number of carboxylic acid groups (broad SMARTS) is 1. The van der Waals surface area contributed by atoms with Crippen molar-refractivity contribution in [3.05, 3.63) is 0 Å². The number of likely N-dealkylation sites (tertiary alicyclic amines) is 1. The Bertz CT molecular complexity index is 240. The first-order chi connectivity index (χ1) is 6.79. The number of nitrogens with one attached hydrogen (secondary N) is 1. The van der Waals surface area contributed by atoms with Gasteiger partial charge in [0.25, 0.3) is 0 Å². The molecule has 1 aliphatic rings. The molecule has 5 heteroatoms. The summed E-state index contributed by atoms with van der Waals surface area (Å²) in [7, 11) is 0. The lowest BCUT2D eigenvalue weighted by molar-refractivity contribution is 0.0838. The Morgan fingerprint density at radius 3 is 2.60 bits per heavy atom. The maximum Gasteiger partial charge on any atom is 0.407 e. The van der Waals surface area contributed by atoms with E-state index >= 15 is 0 Å². The van der Waals surface area contributed by atoms with Crippen LogP contribution in [0.3, 0.4) is 0 Å². The number of carbonyl (C=O) groups is 1. The molecule has 1 saturated heterocycles. The van der Waals surface area contributed by atoms with Crippen molar-refractivity contribution in [2.75, 3.05) is 13.1 Å². The highest BCUT2D eigenvalue weighted by Crippen LogP contribution is 2.17. The molecule has 0 saturated carbocycles. The predicted molar refractivity (Wildman–Crippen MR) is 55.8 cm³/mol. The molecule has 0 aromatic carbocycles. The van der Waals surface area contributed by atoms with Crippen LogP contribution >= 0.6 is 0 Å². The molecule has 0 aromatic heterocycles. The second kappa shape index (κ2) is 4.35. The van der Waals surface area contributed by atoms with Gasteiger partial charge >= 0.3 is 6.09 Å². The van der Waals surface area contributed by atoms with Crippen LogP contribution in [0.4, 0.5) is 9.18 Å². The van der Waals surface area contributed by atoms with Crippen LogP contribution in [0.2, 0.25) is 0 Å². The van der Waals surface area contributed by atoms with Gasteiger partial charge < -0.3 is 15.3 Å². The van der Waals surface area contributed by atoms with E-state index in [1.165, 1.54) is 4.90 Å². The van der Waals surface area contributed by atoms with Gasteiger partial charge in [0, 0.05) is 18.6 Å². The van der Waals surface area contributed by atoms with Crippen molar-refractivity contribution in [3.63, 3.8) is 0 Å². The van der Waals surface area contributed by atoms with Gasteiger partial charge in [0.1, 0.15) is 6.17 Å². The van der Waals surface area contributed by atoms with Gasteiger partial charge in [-0.15, -0.1) is 0 Å². The molecule has 0 aromatic rings. The fourth-order valence-corrected chi connectivity index (χ4v) is 1.79. The van der Waals surface area contributed by atoms with Crippen molar-refractivity contribution >= 4 is 6.09 Å². The molecule has 1 rings (SSSR count). The van der Waals surface area contributed by atoms with Crippen LogP contribution in [-0.4, -0.2) is 46.9 Å². The standard InChI is InChI=1S/C10H19FN2O2/c1-10(2,3)12-8-6-13(9(14)15)5-4-7(8)11/h7-8,12H,4-6H2,1-3H3,(H,14,15)/t7-,8+/m1/s1. The highest BCUT2D eigenvalue weighted by atomic mass is 19.1. The number of piperidine rings is 1. The summed E-state index contributed by atoms with van der Waals surface area (Å²) in [5.74, 6) is 0. The molecular formula is C10H19FN2O2. The minimum atomic E-state index is -0.970. The summed E-state index contributed by atoms with van der Waals surface area (Å²) in [6, 6.07) is -0.394. The first-order valence-electron chi connectivity index (χ1n) is 5.19. The average Bonchev–Trinajstić information content (AvgIpc) is 2.06. The van der Waals surface area contributed by atoms with Crippen molar-refractivity contribution in [2.24, 2.45) is 0 Å². The molecule has 1 fully saturated rings. The van der Waals surface area contributed by atoms with Gasteiger partial charge in [-0.2, -0.15) is 0 Å². The lowest BCUT2D eigenvalue weighted by atomic mass is 9.99. The maximum atomic E-state index is 13.5. The fourth-order valence-electron chi connectivity index (χ4n) is 1.79. The van der Waals surface area contributed by atoms with E-state index < -0.39 is 18.3 Å². The van der Waals surface area contributed by atoms with E-state index in [4.69, 9.17) is 5.11 Å². The lowest BCUT2D eigenvalue weighted by Gasteiger charge is -2.37. The smallest absolute Gasteiger partial charge is 0.407 e. The summed E-state index contributed by atoms with van der Waals surface area (Å²) in [5, 5.41) is 11.9. The van der Waals surface area contributed by atoms with Gasteiger partial charge in [-0.05, 0) is 27.2 Å². The Morgan fingerprint density at radius 2 is 2.13 bits per heavy atom. The minimum absolute atomic E-state index is 0.198. The van der Waals surface area contributed by atoms with E-state index in [0.29, 0.717) is 6.54 Å². The predicted octanol–water partition coefficient (Wildman–Crippen LogP) is 1.46. The summed E-state index contributed by atoms with van der Waals surface area (Å²) >= 11 is 0. The summed E-state index contributed by atoms with van der Waals surface area (Å²) in [4.78, 5) is 12.0. The molecule has 0 spiro atoms. The zero-order chi connectivity index (χ0) is 11.6. The van der Waals surface area contributed by atoms with Gasteiger partial charge in [0.15, 0.2) is 0 Å². The molecule has 0 aliphatic carbocycles. The second-order valence-electron chi connectivity index (χ2n) is 5.03. The van der Waals surface area contributed by atoms with Crippen LogP contribution in [0.25, 0.3) is 0 Å². The van der Waals surface area contributed by atoms with Crippen molar-refractivity contribution in [1.82, 2.24) is 10.2 Å². The zero-order valence-electron chi connectivity index (χ0n) is 9.46. The number of rotatable bonds is 1. The summed E-state index contributed by atoms with van der Waals surface area (Å²) in [6.07, 6.45) is -1.65. The number of hydrogen-bond acceptors (Lipinski definition) is 2. The maximum absolute atomic E-state index is 13.5. The Balaban J connectivity index is 2.58. The quantitative estimate of drug-likeness (QED) is 0.700. The third-order valence-electron chi connectivity index (χ3n) is 2.42. The molecule has 2 atom stereocenters. The van der Waals surface area contributed by atoms with E-state index in [9.17, 15) is 9.18 Å². The SMILES string of the molecule is CC(C)(C)N[C@H]1CN(C(=O)O)CC[C@H]1F. The molecule has 2 N–H and O–H groups in total. The Labute approximate surface area is 89.4 Å². The second-order valence-corrected chi connectivity index (χ2v) is 5.03. The van der Waals surface area contributed by atoms with Crippen molar-refractivity contribution in [1.29, 1.82) is 0 Å². The number of nitrogens with zero attached hydrogens (tertiary/aromatic N) is 1. The lowest BCUT2D eigenvalue weighted by Crippen LogP contribution is -2.57. The van der Waals surface area contributed by atoms with Gasteiger partial charge in [0.2, 0.25) is 0 Å². The third-order valence-corrected chi connectivity index (χ3v) is 2.42. The Kier molecular flexibility index (Phi) is 3.54. The van der Waals surface area contributed by atoms with Crippen LogP contribution < -0.4 is 5.32 Å². The molecule has 1 heterocycles. The van der Waals surface area contributed by atoms with Crippen LogP contribution in [0.15, 0.2) is 0 Å². The molecule has 1 amide bonds. The summed E-state index contributed by atoms with van der Waals surface area (Å²) < 4.78 is 13.5. The van der Waals surface area contributed by atoms with Crippen molar-refractivity contribution < 1.29 is 14.3 Å². The summed E-state index contributed by atoms with van der Waals surface area (Å²) in [5.41, 5.74) is -0.198. The molecule has 4 nitrogen and oxygen atoms in total. The van der Waals surface area contributed by atoms with Crippen molar-refractivity contribution in [2.45, 2.75) is 44.9 Å². The van der Waals surface area contributed by atoms with Crippen LogP contribution in [-0.2, 0) is 0 Å². The molecule has 1 aliphatic heterocycles. The van der Waals surface area contributed by atoms with E-state index in [1.807, 2.05) is 20.8 Å². The highest BCUT2D eigenvalue weighted by molar-refractivity contribution is 5.65. The van der Waals surface area contributed by atoms with Gasteiger partial charge in [-0.1, -0.05) is 0 Å². The molecule has 15 heavy (non-hydrogen) atoms. The Morgan fingerprint density at radius 1 is 1.53 bits per heavy atom. The van der Waals surface area contributed by atoms with Gasteiger partial charge in [0.05, 0.1) is 6.04 Å². The molecule has 0 unspecified atom stereocenters. The first kappa shape index (κ1) is 12.2. The van der Waals surface area contributed by atoms with E-state index in [1.54, 1.807) is 0 Å². The summed E-state index contributed by atoms with van der Waals surface area (Å²) in [6.45, 7) is 6.35.